The lowest BCUT2D eigenvalue weighted by Crippen LogP contribution is -2.34. The Bertz CT molecular complexity index is 245. The normalized spacial score (nSPS) is 25.1. The summed E-state index contributed by atoms with van der Waals surface area (Å²) in [5.74, 6) is 6.98. The highest BCUT2D eigenvalue weighted by molar-refractivity contribution is 5.05. The van der Waals surface area contributed by atoms with Crippen LogP contribution in [0, 0.1) is 17.8 Å². The second-order valence-electron chi connectivity index (χ2n) is 4.45. The Hall–Kier alpha value is -0.520. The maximum atomic E-state index is 5.68. The average Bonchev–Trinajstić information content (AvgIpc) is 2.71. The van der Waals surface area contributed by atoms with Crippen molar-refractivity contribution in [2.24, 2.45) is 5.92 Å². The first-order valence-electron chi connectivity index (χ1n) is 6.11. The van der Waals surface area contributed by atoms with Crippen LogP contribution < -0.4 is 0 Å². The van der Waals surface area contributed by atoms with Crippen LogP contribution in [0.1, 0.15) is 45.4 Å². The highest BCUT2D eigenvalue weighted by Gasteiger charge is 2.39. The maximum Gasteiger partial charge on any atom is 0.168 e. The van der Waals surface area contributed by atoms with Gasteiger partial charge in [-0.15, -0.1) is 5.92 Å². The largest absolute Gasteiger partial charge is 0.348 e. The lowest BCUT2D eigenvalue weighted by atomic mass is 9.85. The van der Waals surface area contributed by atoms with Gasteiger partial charge in [-0.25, -0.2) is 0 Å². The van der Waals surface area contributed by atoms with Crippen LogP contribution in [0.3, 0.4) is 0 Å². The summed E-state index contributed by atoms with van der Waals surface area (Å²) in [4.78, 5) is 0. The van der Waals surface area contributed by atoms with Crippen molar-refractivity contribution in [3.63, 3.8) is 0 Å². The Labute approximate surface area is 92.3 Å². The minimum absolute atomic E-state index is 0.219. The van der Waals surface area contributed by atoms with Gasteiger partial charge in [0.1, 0.15) is 0 Å². The van der Waals surface area contributed by atoms with Crippen LogP contribution in [0.4, 0.5) is 0 Å². The van der Waals surface area contributed by atoms with E-state index in [2.05, 4.69) is 18.8 Å². The molecule has 2 aliphatic rings. The van der Waals surface area contributed by atoms with Gasteiger partial charge < -0.3 is 9.47 Å². The molecule has 84 valence electrons. The molecule has 1 heterocycles. The number of hydrogen-bond donors (Lipinski definition) is 0. The van der Waals surface area contributed by atoms with Gasteiger partial charge in [0.15, 0.2) is 5.79 Å². The van der Waals surface area contributed by atoms with Crippen molar-refractivity contribution in [2.75, 3.05) is 13.2 Å². The van der Waals surface area contributed by atoms with E-state index in [1.807, 2.05) is 0 Å². The van der Waals surface area contributed by atoms with Crippen molar-refractivity contribution < 1.29 is 9.47 Å². The Morgan fingerprint density at radius 1 is 1.20 bits per heavy atom. The van der Waals surface area contributed by atoms with Crippen LogP contribution in [0.15, 0.2) is 0 Å². The third-order valence-corrected chi connectivity index (χ3v) is 3.24. The second-order valence-corrected chi connectivity index (χ2v) is 4.45. The molecule has 2 heteroatoms. The third kappa shape index (κ3) is 2.74. The predicted molar refractivity (Wildman–Crippen MR) is 59.3 cm³/mol. The van der Waals surface area contributed by atoms with Crippen molar-refractivity contribution in [3.05, 3.63) is 0 Å². The summed E-state index contributed by atoms with van der Waals surface area (Å²) < 4.78 is 11.4. The first-order valence-corrected chi connectivity index (χ1v) is 6.11. The summed E-state index contributed by atoms with van der Waals surface area (Å²) in [6.45, 7) is 3.71. The Morgan fingerprint density at radius 3 is 2.47 bits per heavy atom. The third-order valence-electron chi connectivity index (χ3n) is 3.24. The van der Waals surface area contributed by atoms with E-state index in [9.17, 15) is 0 Å². The Kier molecular flexibility index (Phi) is 3.66. The van der Waals surface area contributed by atoms with Gasteiger partial charge in [-0.05, 0) is 19.3 Å². The first kappa shape index (κ1) is 11.0. The van der Waals surface area contributed by atoms with E-state index in [4.69, 9.17) is 9.47 Å². The van der Waals surface area contributed by atoms with Gasteiger partial charge in [-0.3, -0.25) is 0 Å². The summed E-state index contributed by atoms with van der Waals surface area (Å²) in [7, 11) is 0. The minimum atomic E-state index is -0.219. The summed E-state index contributed by atoms with van der Waals surface area (Å²) in [6, 6.07) is 0. The molecule has 2 nitrogen and oxygen atoms in total. The molecule has 0 radical (unpaired) electrons. The number of ether oxygens (including phenoxy) is 2. The Morgan fingerprint density at radius 2 is 1.87 bits per heavy atom. The molecule has 0 aromatic rings. The zero-order valence-corrected chi connectivity index (χ0v) is 9.55. The van der Waals surface area contributed by atoms with E-state index in [0.29, 0.717) is 5.92 Å². The van der Waals surface area contributed by atoms with E-state index in [1.165, 1.54) is 0 Å². The van der Waals surface area contributed by atoms with Crippen molar-refractivity contribution >= 4 is 0 Å². The zero-order chi connectivity index (χ0) is 10.6. The van der Waals surface area contributed by atoms with E-state index in [0.717, 1.165) is 51.7 Å². The quantitative estimate of drug-likeness (QED) is 0.617. The van der Waals surface area contributed by atoms with Crippen molar-refractivity contribution in [1.29, 1.82) is 0 Å². The standard InChI is InChI=1S/C13H20O2/c1-2-3-4-5-12-6-8-13(9-7-12)14-10-11-15-13/h12H,2-3,6-11H2,1H3. The van der Waals surface area contributed by atoms with E-state index >= 15 is 0 Å². The van der Waals surface area contributed by atoms with Crippen LogP contribution in [0.25, 0.3) is 0 Å². The lowest BCUT2D eigenvalue weighted by molar-refractivity contribution is -0.180. The second kappa shape index (κ2) is 5.01. The van der Waals surface area contributed by atoms with E-state index in [1.54, 1.807) is 0 Å². The van der Waals surface area contributed by atoms with Gasteiger partial charge in [0, 0.05) is 25.2 Å². The molecule has 0 bridgehead atoms. The fraction of sp³-hybridized carbons (Fsp3) is 0.846. The van der Waals surface area contributed by atoms with Gasteiger partial charge in [-0.2, -0.15) is 0 Å². The van der Waals surface area contributed by atoms with Gasteiger partial charge in [0.05, 0.1) is 13.2 Å². The minimum Gasteiger partial charge on any atom is -0.348 e. The first-order chi connectivity index (χ1) is 7.35. The number of rotatable bonds is 1. The summed E-state index contributed by atoms with van der Waals surface area (Å²) in [5, 5.41) is 0. The van der Waals surface area contributed by atoms with Crippen LogP contribution >= 0.6 is 0 Å². The molecular formula is C13H20O2. The molecule has 1 saturated carbocycles. The molecule has 1 spiro atoms. The number of hydrogen-bond acceptors (Lipinski definition) is 2. The molecule has 0 unspecified atom stereocenters. The van der Waals surface area contributed by atoms with Gasteiger partial charge in [-0.1, -0.05) is 12.8 Å². The summed E-state index contributed by atoms with van der Waals surface area (Å²) >= 11 is 0. The van der Waals surface area contributed by atoms with Gasteiger partial charge >= 0.3 is 0 Å². The molecule has 1 saturated heterocycles. The summed E-state index contributed by atoms with van der Waals surface area (Å²) in [6.07, 6.45) is 6.52. The molecule has 0 aromatic heterocycles. The van der Waals surface area contributed by atoms with Crippen molar-refractivity contribution in [1.82, 2.24) is 0 Å². The van der Waals surface area contributed by atoms with Gasteiger partial charge in [0.25, 0.3) is 0 Å². The maximum absolute atomic E-state index is 5.68. The monoisotopic (exact) mass is 208 g/mol. The van der Waals surface area contributed by atoms with Crippen LogP contribution in [-0.4, -0.2) is 19.0 Å². The molecule has 2 fully saturated rings. The number of unbranched alkanes of at least 4 members (excludes halogenated alkanes) is 1. The van der Waals surface area contributed by atoms with Crippen molar-refractivity contribution in [3.8, 4) is 11.8 Å². The molecule has 2 rings (SSSR count). The molecule has 0 N–H and O–H groups in total. The molecule has 0 aromatic carbocycles. The zero-order valence-electron chi connectivity index (χ0n) is 9.55. The smallest absolute Gasteiger partial charge is 0.168 e. The van der Waals surface area contributed by atoms with Crippen LogP contribution in [-0.2, 0) is 9.47 Å². The van der Waals surface area contributed by atoms with Gasteiger partial charge in [0.2, 0.25) is 0 Å². The highest BCUT2D eigenvalue weighted by atomic mass is 16.7. The molecule has 1 aliphatic carbocycles. The summed E-state index contributed by atoms with van der Waals surface area (Å²) in [5.41, 5.74) is 0. The molecule has 1 aliphatic heterocycles. The predicted octanol–water partition coefficient (Wildman–Crippen LogP) is 2.72. The van der Waals surface area contributed by atoms with E-state index in [-0.39, 0.29) is 5.79 Å². The lowest BCUT2D eigenvalue weighted by Gasteiger charge is -2.33. The average molecular weight is 208 g/mol. The fourth-order valence-electron chi connectivity index (χ4n) is 2.33. The molecule has 15 heavy (non-hydrogen) atoms. The SMILES string of the molecule is CCCC#CC1CCC2(CC1)OCCO2. The highest BCUT2D eigenvalue weighted by Crippen LogP contribution is 2.37. The molecule has 0 amide bonds. The fourth-order valence-corrected chi connectivity index (χ4v) is 2.33. The van der Waals surface area contributed by atoms with E-state index < -0.39 is 0 Å². The topological polar surface area (TPSA) is 18.5 Å². The van der Waals surface area contributed by atoms with Crippen molar-refractivity contribution in [2.45, 2.75) is 51.2 Å². The Balaban J connectivity index is 1.79. The van der Waals surface area contributed by atoms with Crippen LogP contribution in [0.5, 0.6) is 0 Å². The molecular weight excluding hydrogens is 188 g/mol. The molecule has 0 atom stereocenters. The van der Waals surface area contributed by atoms with Crippen LogP contribution in [0.2, 0.25) is 0 Å².